The first-order valence-electron chi connectivity index (χ1n) is 7.84. The maximum atomic E-state index is 13.1. The van der Waals surface area contributed by atoms with Crippen molar-refractivity contribution in [3.63, 3.8) is 0 Å². The van der Waals surface area contributed by atoms with Gasteiger partial charge in [-0.25, -0.2) is 0 Å². The van der Waals surface area contributed by atoms with Crippen molar-refractivity contribution in [2.45, 2.75) is 6.18 Å². The van der Waals surface area contributed by atoms with Crippen molar-refractivity contribution in [3.05, 3.63) is 53.2 Å². The number of rotatable bonds is 2. The summed E-state index contributed by atoms with van der Waals surface area (Å²) in [7, 11) is 0. The molecule has 1 aromatic heterocycles. The Morgan fingerprint density at radius 1 is 1.04 bits per heavy atom. The van der Waals surface area contributed by atoms with Gasteiger partial charge in [-0.1, -0.05) is 12.1 Å². The number of halogens is 3. The molecule has 0 spiro atoms. The van der Waals surface area contributed by atoms with Crippen molar-refractivity contribution < 1.29 is 18.0 Å². The highest BCUT2D eigenvalue weighted by molar-refractivity contribution is 5.96. The van der Waals surface area contributed by atoms with Gasteiger partial charge in [0.05, 0.1) is 11.1 Å². The van der Waals surface area contributed by atoms with Gasteiger partial charge < -0.3 is 9.80 Å². The Balaban J connectivity index is 1.70. The number of hydrogen-bond acceptors (Lipinski definition) is 5. The average molecular weight is 361 g/mol. The molecule has 3 rings (SSSR count). The van der Waals surface area contributed by atoms with Crippen LogP contribution in [0.15, 0.2) is 36.4 Å². The Morgan fingerprint density at radius 3 is 2.31 bits per heavy atom. The van der Waals surface area contributed by atoms with E-state index in [1.807, 2.05) is 11.0 Å². The zero-order chi connectivity index (χ0) is 18.7. The van der Waals surface area contributed by atoms with Crippen molar-refractivity contribution >= 4 is 11.7 Å². The van der Waals surface area contributed by atoms with Crippen LogP contribution >= 0.6 is 0 Å². The van der Waals surface area contributed by atoms with E-state index in [9.17, 15) is 18.0 Å². The number of aromatic nitrogens is 2. The molecular formula is C17H14F3N5O. The number of nitrogens with zero attached hydrogens (tertiary/aromatic N) is 5. The quantitative estimate of drug-likeness (QED) is 0.821. The van der Waals surface area contributed by atoms with Gasteiger partial charge in [0, 0.05) is 26.2 Å². The van der Waals surface area contributed by atoms with Crippen LogP contribution in [0.4, 0.5) is 19.0 Å². The highest BCUT2D eigenvalue weighted by Gasteiger charge is 2.36. The van der Waals surface area contributed by atoms with Crippen LogP contribution in [-0.4, -0.2) is 47.2 Å². The number of anilines is 1. The van der Waals surface area contributed by atoms with Gasteiger partial charge in [0.25, 0.3) is 5.91 Å². The van der Waals surface area contributed by atoms with E-state index in [-0.39, 0.29) is 24.3 Å². The summed E-state index contributed by atoms with van der Waals surface area (Å²) in [6.07, 6.45) is -4.58. The lowest BCUT2D eigenvalue weighted by Gasteiger charge is -2.35. The predicted molar refractivity (Wildman–Crippen MR) is 86.3 cm³/mol. The Kier molecular flexibility index (Phi) is 4.75. The number of nitriles is 1. The van der Waals surface area contributed by atoms with Crippen LogP contribution in [0.3, 0.4) is 0 Å². The Labute approximate surface area is 147 Å². The lowest BCUT2D eigenvalue weighted by atomic mass is 10.1. The molecule has 0 unspecified atom stereocenters. The second kappa shape index (κ2) is 7.00. The van der Waals surface area contributed by atoms with Gasteiger partial charge in [-0.3, -0.25) is 4.79 Å². The molecule has 26 heavy (non-hydrogen) atoms. The minimum Gasteiger partial charge on any atom is -0.352 e. The van der Waals surface area contributed by atoms with Crippen LogP contribution in [0.1, 0.15) is 21.6 Å². The molecule has 0 aliphatic carbocycles. The van der Waals surface area contributed by atoms with Crippen molar-refractivity contribution in [3.8, 4) is 6.07 Å². The molecule has 0 N–H and O–H groups in total. The number of carbonyl (C=O) groups excluding carboxylic acids is 1. The van der Waals surface area contributed by atoms with Crippen LogP contribution < -0.4 is 4.90 Å². The molecule has 2 aromatic rings. The van der Waals surface area contributed by atoms with E-state index in [1.165, 1.54) is 23.1 Å². The maximum absolute atomic E-state index is 13.1. The third-order valence-corrected chi connectivity index (χ3v) is 4.12. The van der Waals surface area contributed by atoms with Crippen molar-refractivity contribution in [2.75, 3.05) is 31.1 Å². The number of amides is 1. The molecule has 1 fully saturated rings. The number of piperazine rings is 1. The Hall–Kier alpha value is -3.15. The van der Waals surface area contributed by atoms with Crippen molar-refractivity contribution in [2.24, 2.45) is 0 Å². The first-order chi connectivity index (χ1) is 12.4. The molecular weight excluding hydrogens is 347 g/mol. The molecule has 2 heterocycles. The van der Waals surface area contributed by atoms with Crippen LogP contribution in [0.2, 0.25) is 0 Å². The fourth-order valence-electron chi connectivity index (χ4n) is 2.78. The van der Waals surface area contributed by atoms with Gasteiger partial charge in [-0.15, -0.1) is 10.2 Å². The van der Waals surface area contributed by atoms with E-state index in [0.29, 0.717) is 18.9 Å². The molecule has 1 saturated heterocycles. The van der Waals surface area contributed by atoms with E-state index >= 15 is 0 Å². The number of hydrogen-bond donors (Lipinski definition) is 0. The second-order valence-electron chi connectivity index (χ2n) is 5.71. The molecule has 6 nitrogen and oxygen atoms in total. The topological polar surface area (TPSA) is 73.1 Å². The summed E-state index contributed by atoms with van der Waals surface area (Å²) in [5.41, 5.74) is -1.07. The number of alkyl halides is 3. The summed E-state index contributed by atoms with van der Waals surface area (Å²) in [4.78, 5) is 15.8. The minimum atomic E-state index is -4.58. The van der Waals surface area contributed by atoms with Gasteiger partial charge in [0.2, 0.25) is 0 Å². The lowest BCUT2D eigenvalue weighted by molar-refractivity contribution is -0.138. The van der Waals surface area contributed by atoms with E-state index in [2.05, 4.69) is 10.2 Å². The molecule has 1 aromatic carbocycles. The molecule has 0 atom stereocenters. The fourth-order valence-corrected chi connectivity index (χ4v) is 2.78. The first kappa shape index (κ1) is 17.7. The molecule has 9 heteroatoms. The van der Waals surface area contributed by atoms with Gasteiger partial charge in [-0.05, 0) is 24.3 Å². The third-order valence-electron chi connectivity index (χ3n) is 4.12. The van der Waals surface area contributed by atoms with Crippen LogP contribution in [0.5, 0.6) is 0 Å². The van der Waals surface area contributed by atoms with Crippen LogP contribution in [-0.2, 0) is 6.18 Å². The zero-order valence-corrected chi connectivity index (χ0v) is 13.6. The number of carbonyl (C=O) groups is 1. The Morgan fingerprint density at radius 2 is 1.73 bits per heavy atom. The largest absolute Gasteiger partial charge is 0.417 e. The standard InChI is InChI=1S/C17H14F3N5O/c18-17(19,20)14-4-2-1-3-13(14)16(26)25-9-7-24(8-10-25)15-6-5-12(11-21)22-23-15/h1-6H,7-10H2. The first-order valence-corrected chi connectivity index (χ1v) is 7.84. The second-order valence-corrected chi connectivity index (χ2v) is 5.71. The molecule has 1 amide bonds. The van der Waals surface area contributed by atoms with E-state index in [4.69, 9.17) is 5.26 Å². The van der Waals surface area contributed by atoms with Crippen molar-refractivity contribution in [1.29, 1.82) is 5.26 Å². The zero-order valence-electron chi connectivity index (χ0n) is 13.6. The summed E-state index contributed by atoms with van der Waals surface area (Å²) < 4.78 is 39.3. The monoisotopic (exact) mass is 361 g/mol. The molecule has 1 aliphatic rings. The van der Waals surface area contributed by atoms with Gasteiger partial charge >= 0.3 is 6.18 Å². The normalized spacial score (nSPS) is 14.8. The summed E-state index contributed by atoms with van der Waals surface area (Å²) in [6.45, 7) is 1.38. The van der Waals surface area contributed by atoms with Crippen LogP contribution in [0.25, 0.3) is 0 Å². The SMILES string of the molecule is N#Cc1ccc(N2CCN(C(=O)c3ccccc3C(F)(F)F)CC2)nn1. The highest BCUT2D eigenvalue weighted by Crippen LogP contribution is 2.32. The average Bonchev–Trinajstić information content (AvgIpc) is 2.67. The number of benzene rings is 1. The van der Waals surface area contributed by atoms with E-state index in [0.717, 1.165) is 6.07 Å². The van der Waals surface area contributed by atoms with E-state index < -0.39 is 17.6 Å². The summed E-state index contributed by atoms with van der Waals surface area (Å²) in [5, 5.41) is 16.4. The fraction of sp³-hybridized carbons (Fsp3) is 0.294. The van der Waals surface area contributed by atoms with E-state index in [1.54, 1.807) is 12.1 Å². The minimum absolute atomic E-state index is 0.200. The highest BCUT2D eigenvalue weighted by atomic mass is 19.4. The molecule has 0 saturated carbocycles. The predicted octanol–water partition coefficient (Wildman–Crippen LogP) is 2.33. The molecule has 1 aliphatic heterocycles. The van der Waals surface area contributed by atoms with Crippen molar-refractivity contribution in [1.82, 2.24) is 15.1 Å². The third kappa shape index (κ3) is 3.59. The summed E-state index contributed by atoms with van der Waals surface area (Å²) >= 11 is 0. The van der Waals surface area contributed by atoms with Gasteiger partial charge in [-0.2, -0.15) is 18.4 Å². The lowest BCUT2D eigenvalue weighted by Crippen LogP contribution is -2.49. The van der Waals surface area contributed by atoms with Gasteiger partial charge in [0.15, 0.2) is 11.5 Å². The molecule has 0 bridgehead atoms. The summed E-state index contributed by atoms with van der Waals surface area (Å²) in [5.74, 6) is -0.0738. The summed E-state index contributed by atoms with van der Waals surface area (Å²) in [6, 6.07) is 9.87. The Bertz CT molecular complexity index is 837. The molecule has 134 valence electrons. The van der Waals surface area contributed by atoms with Gasteiger partial charge in [0.1, 0.15) is 6.07 Å². The van der Waals surface area contributed by atoms with Crippen LogP contribution in [0, 0.1) is 11.3 Å². The smallest absolute Gasteiger partial charge is 0.352 e. The molecule has 0 radical (unpaired) electrons. The maximum Gasteiger partial charge on any atom is 0.417 e.